The maximum atomic E-state index is 14.7. The normalized spacial score (nSPS) is 17.4. The van der Waals surface area contributed by atoms with Gasteiger partial charge in [-0.2, -0.15) is 0 Å². The Balaban J connectivity index is 0.00000363. The molecule has 0 fully saturated rings. The van der Waals surface area contributed by atoms with Gasteiger partial charge in [0.1, 0.15) is 11.6 Å². The standard InChI is InChI=1S/C20H20ClF2N3O4S.ClH/c1-10(2)25-19(27)13-6-17-18(7-15(13)23)31(29,30)9-16(24)20(28)26(17)8-11-3-4-12(21)5-14(11)22;/h3-7,10,16H,8-9,24H2,1-2H3,(H,25,27);1H/t16-;/m0./s1. The number of nitrogens with two attached hydrogens (primary N) is 1. The number of hydrogen-bond acceptors (Lipinski definition) is 5. The Kier molecular flexibility index (Phi) is 7.87. The van der Waals surface area contributed by atoms with Gasteiger partial charge in [0.25, 0.3) is 5.91 Å². The average Bonchev–Trinajstić information content (AvgIpc) is 2.71. The zero-order valence-electron chi connectivity index (χ0n) is 17.1. The van der Waals surface area contributed by atoms with Crippen molar-refractivity contribution in [3.63, 3.8) is 0 Å². The van der Waals surface area contributed by atoms with Gasteiger partial charge in [-0.25, -0.2) is 17.2 Å². The molecule has 3 rings (SSSR count). The van der Waals surface area contributed by atoms with Crippen molar-refractivity contribution in [2.45, 2.75) is 37.4 Å². The minimum Gasteiger partial charge on any atom is -0.350 e. The molecule has 7 nitrogen and oxygen atoms in total. The van der Waals surface area contributed by atoms with Gasteiger partial charge in [0.15, 0.2) is 9.84 Å². The first-order valence-corrected chi connectivity index (χ1v) is 11.3. The molecule has 0 bridgehead atoms. The molecule has 0 radical (unpaired) electrons. The van der Waals surface area contributed by atoms with Crippen LogP contribution in [-0.4, -0.2) is 38.1 Å². The second-order valence-corrected chi connectivity index (χ2v) is 9.92. The maximum absolute atomic E-state index is 14.7. The molecule has 3 N–H and O–H groups in total. The van der Waals surface area contributed by atoms with Gasteiger partial charge in [-0.05, 0) is 38.1 Å². The van der Waals surface area contributed by atoms with E-state index in [1.165, 1.54) is 12.1 Å². The van der Waals surface area contributed by atoms with Crippen molar-refractivity contribution in [3.8, 4) is 0 Å². The van der Waals surface area contributed by atoms with Gasteiger partial charge < -0.3 is 16.0 Å². The van der Waals surface area contributed by atoms with Crippen LogP contribution in [0, 0.1) is 11.6 Å². The van der Waals surface area contributed by atoms with Gasteiger partial charge in [-0.3, -0.25) is 9.59 Å². The maximum Gasteiger partial charge on any atom is 0.254 e. The lowest BCUT2D eigenvalue weighted by atomic mass is 10.1. The highest BCUT2D eigenvalue weighted by Crippen LogP contribution is 2.34. The largest absolute Gasteiger partial charge is 0.350 e. The average molecular weight is 508 g/mol. The zero-order valence-corrected chi connectivity index (χ0v) is 19.5. The van der Waals surface area contributed by atoms with Crippen LogP contribution in [0.4, 0.5) is 14.5 Å². The number of nitrogens with zero attached hydrogens (tertiary/aromatic N) is 1. The number of fused-ring (bicyclic) bond motifs is 1. The van der Waals surface area contributed by atoms with Crippen LogP contribution in [0.15, 0.2) is 35.2 Å². The molecular weight excluding hydrogens is 487 g/mol. The smallest absolute Gasteiger partial charge is 0.254 e. The summed E-state index contributed by atoms with van der Waals surface area (Å²) in [4.78, 5) is 25.8. The third kappa shape index (κ3) is 5.20. The predicted octanol–water partition coefficient (Wildman–Crippen LogP) is 2.83. The Hall–Kier alpha value is -2.27. The fourth-order valence-electron chi connectivity index (χ4n) is 3.22. The highest BCUT2D eigenvalue weighted by Gasteiger charge is 2.37. The van der Waals surface area contributed by atoms with E-state index >= 15 is 0 Å². The summed E-state index contributed by atoms with van der Waals surface area (Å²) in [5.74, 6) is -4.14. The van der Waals surface area contributed by atoms with E-state index < -0.39 is 62.1 Å². The molecule has 0 aromatic heterocycles. The number of amides is 2. The topological polar surface area (TPSA) is 110 Å². The Bertz CT molecular complexity index is 1180. The van der Waals surface area contributed by atoms with Crippen molar-refractivity contribution in [1.29, 1.82) is 0 Å². The zero-order chi connectivity index (χ0) is 23.1. The van der Waals surface area contributed by atoms with E-state index in [-0.39, 0.29) is 34.7 Å². The quantitative estimate of drug-likeness (QED) is 0.661. The molecule has 32 heavy (non-hydrogen) atoms. The Morgan fingerprint density at radius 1 is 1.25 bits per heavy atom. The van der Waals surface area contributed by atoms with Gasteiger partial charge >= 0.3 is 0 Å². The van der Waals surface area contributed by atoms with E-state index in [2.05, 4.69) is 5.32 Å². The number of nitrogens with one attached hydrogen (secondary N) is 1. The van der Waals surface area contributed by atoms with E-state index in [0.29, 0.717) is 6.07 Å². The van der Waals surface area contributed by atoms with Crippen LogP contribution >= 0.6 is 24.0 Å². The molecule has 0 spiro atoms. The molecule has 0 saturated heterocycles. The molecule has 2 aromatic rings. The van der Waals surface area contributed by atoms with E-state index in [4.69, 9.17) is 17.3 Å². The fourth-order valence-corrected chi connectivity index (χ4v) is 4.94. The Labute approximate surface area is 195 Å². The molecular formula is C20H21Cl2F2N3O4S. The molecule has 12 heteroatoms. The molecule has 174 valence electrons. The van der Waals surface area contributed by atoms with Gasteiger partial charge in [0, 0.05) is 16.6 Å². The number of carbonyl (C=O) groups excluding carboxylic acids is 2. The number of sulfone groups is 1. The van der Waals surface area contributed by atoms with Crippen LogP contribution < -0.4 is 16.0 Å². The summed E-state index contributed by atoms with van der Waals surface area (Å²) in [5, 5.41) is 2.65. The van der Waals surface area contributed by atoms with Crippen molar-refractivity contribution >= 4 is 51.3 Å². The van der Waals surface area contributed by atoms with Gasteiger partial charge in [-0.15, -0.1) is 12.4 Å². The highest BCUT2D eigenvalue weighted by atomic mass is 35.5. The Morgan fingerprint density at radius 2 is 1.91 bits per heavy atom. The first-order chi connectivity index (χ1) is 14.4. The molecule has 1 heterocycles. The van der Waals surface area contributed by atoms with Crippen LogP contribution in [0.1, 0.15) is 29.8 Å². The summed E-state index contributed by atoms with van der Waals surface area (Å²) < 4.78 is 54.6. The fraction of sp³-hybridized carbons (Fsp3) is 0.300. The lowest BCUT2D eigenvalue weighted by Gasteiger charge is -2.25. The van der Waals surface area contributed by atoms with Crippen molar-refractivity contribution < 1.29 is 26.8 Å². The summed E-state index contributed by atoms with van der Waals surface area (Å²) in [6.45, 7) is 2.94. The molecule has 2 amide bonds. The summed E-state index contributed by atoms with van der Waals surface area (Å²) in [6.07, 6.45) is 0. The third-order valence-electron chi connectivity index (χ3n) is 4.66. The molecule has 0 aliphatic carbocycles. The summed E-state index contributed by atoms with van der Waals surface area (Å²) in [6, 6.07) is 3.69. The number of hydrogen-bond donors (Lipinski definition) is 2. The monoisotopic (exact) mass is 507 g/mol. The van der Waals surface area contributed by atoms with Crippen LogP contribution in [0.3, 0.4) is 0 Å². The number of rotatable bonds is 4. The molecule has 1 aliphatic heterocycles. The van der Waals surface area contributed by atoms with Crippen molar-refractivity contribution in [2.75, 3.05) is 10.7 Å². The van der Waals surface area contributed by atoms with Crippen LogP contribution in [0.5, 0.6) is 0 Å². The van der Waals surface area contributed by atoms with Crippen molar-refractivity contribution in [3.05, 3.63) is 58.1 Å². The van der Waals surface area contributed by atoms with Crippen LogP contribution in [0.25, 0.3) is 0 Å². The lowest BCUT2D eigenvalue weighted by molar-refractivity contribution is -0.119. The van der Waals surface area contributed by atoms with Crippen LogP contribution in [-0.2, 0) is 21.2 Å². The number of benzene rings is 2. The summed E-state index contributed by atoms with van der Waals surface area (Å²) >= 11 is 5.76. The van der Waals surface area contributed by atoms with Gasteiger partial charge in [-0.1, -0.05) is 17.7 Å². The van der Waals surface area contributed by atoms with E-state index in [1.54, 1.807) is 13.8 Å². The molecule has 1 aliphatic rings. The van der Waals surface area contributed by atoms with Crippen molar-refractivity contribution in [1.82, 2.24) is 5.32 Å². The highest BCUT2D eigenvalue weighted by molar-refractivity contribution is 7.91. The van der Waals surface area contributed by atoms with E-state index in [0.717, 1.165) is 17.0 Å². The second kappa shape index (κ2) is 9.70. The molecule has 2 aromatic carbocycles. The van der Waals surface area contributed by atoms with Gasteiger partial charge in [0.2, 0.25) is 5.91 Å². The third-order valence-corrected chi connectivity index (χ3v) is 6.69. The lowest BCUT2D eigenvalue weighted by Crippen LogP contribution is -2.45. The van der Waals surface area contributed by atoms with Crippen LogP contribution in [0.2, 0.25) is 5.02 Å². The SMILES string of the molecule is CC(C)NC(=O)c1cc2c(cc1F)S(=O)(=O)C[C@H](N)C(=O)N2Cc1ccc(Cl)cc1F.Cl. The van der Waals surface area contributed by atoms with E-state index in [1.807, 2.05) is 0 Å². The summed E-state index contributed by atoms with van der Waals surface area (Å²) in [7, 11) is -4.16. The predicted molar refractivity (Wildman–Crippen MR) is 119 cm³/mol. The molecule has 0 unspecified atom stereocenters. The minimum absolute atomic E-state index is 0. The first kappa shape index (κ1) is 26.0. The second-order valence-electron chi connectivity index (χ2n) is 7.48. The Morgan fingerprint density at radius 3 is 2.50 bits per heavy atom. The minimum atomic E-state index is -4.16. The summed E-state index contributed by atoms with van der Waals surface area (Å²) in [5.41, 5.74) is 5.12. The first-order valence-electron chi connectivity index (χ1n) is 9.28. The van der Waals surface area contributed by atoms with E-state index in [9.17, 15) is 26.8 Å². The number of anilines is 1. The molecule has 0 saturated carbocycles. The van der Waals surface area contributed by atoms with Gasteiger partial charge in [0.05, 0.1) is 34.5 Å². The molecule has 1 atom stereocenters. The number of halogens is 4. The van der Waals surface area contributed by atoms with Crippen molar-refractivity contribution in [2.24, 2.45) is 5.73 Å². The number of carbonyl (C=O) groups is 2.